The third kappa shape index (κ3) is 4.82. The molecule has 1 aromatic heterocycles. The van der Waals surface area contributed by atoms with E-state index in [1.54, 1.807) is 6.07 Å². The molecule has 1 fully saturated rings. The van der Waals surface area contributed by atoms with Gasteiger partial charge in [0.2, 0.25) is 0 Å². The molecule has 1 aliphatic rings. The molecule has 0 aliphatic heterocycles. The second-order valence-electron chi connectivity index (χ2n) is 7.44. The predicted molar refractivity (Wildman–Crippen MR) is 103 cm³/mol. The van der Waals surface area contributed by atoms with Crippen molar-refractivity contribution in [1.29, 1.82) is 0 Å². The van der Waals surface area contributed by atoms with E-state index in [4.69, 9.17) is 0 Å². The van der Waals surface area contributed by atoms with Crippen molar-refractivity contribution in [1.82, 2.24) is 15.2 Å². The summed E-state index contributed by atoms with van der Waals surface area (Å²) in [5.74, 6) is -0.731. The number of hydrogen-bond donors (Lipinski definition) is 1. The highest BCUT2D eigenvalue weighted by atomic mass is 19.4. The fraction of sp³-hybridized carbons (Fsp3) is 0.524. The van der Waals surface area contributed by atoms with Crippen LogP contribution in [-0.4, -0.2) is 42.0 Å². The molecule has 0 atom stereocenters. The van der Waals surface area contributed by atoms with E-state index in [1.807, 2.05) is 0 Å². The standard InChI is InChI=1S/C21H26F3N3O/c1-27(15-8-3-2-4-9-15)13-7-12-25-20(28)17-14-26-18-11-6-5-10-16(18)19(17)21(22,23)24/h5-6,10-11,14-15H,2-4,7-9,12-13H2,1H3,(H,25,28). The maximum Gasteiger partial charge on any atom is 0.417 e. The first-order valence-corrected chi connectivity index (χ1v) is 9.81. The first kappa shape index (κ1) is 20.6. The zero-order chi connectivity index (χ0) is 20.1. The van der Waals surface area contributed by atoms with Crippen LogP contribution in [0.15, 0.2) is 30.5 Å². The minimum atomic E-state index is -4.63. The zero-order valence-electron chi connectivity index (χ0n) is 16.1. The molecule has 1 amide bonds. The summed E-state index contributed by atoms with van der Waals surface area (Å²) in [6, 6.07) is 6.57. The molecule has 7 heteroatoms. The highest BCUT2D eigenvalue weighted by Crippen LogP contribution is 2.36. The summed E-state index contributed by atoms with van der Waals surface area (Å²) in [5, 5.41) is 2.57. The van der Waals surface area contributed by atoms with Gasteiger partial charge in [-0.3, -0.25) is 9.78 Å². The maximum absolute atomic E-state index is 13.6. The molecular formula is C21H26F3N3O. The van der Waals surface area contributed by atoms with Gasteiger partial charge in [0.25, 0.3) is 5.91 Å². The van der Waals surface area contributed by atoms with Gasteiger partial charge >= 0.3 is 6.18 Å². The van der Waals surface area contributed by atoms with Crippen molar-refractivity contribution < 1.29 is 18.0 Å². The summed E-state index contributed by atoms with van der Waals surface area (Å²) in [6.45, 7) is 1.15. The number of alkyl halides is 3. The lowest BCUT2D eigenvalue weighted by molar-refractivity contribution is -0.136. The number of nitrogens with zero attached hydrogens (tertiary/aromatic N) is 2. The molecule has 3 rings (SSSR count). The molecule has 4 nitrogen and oxygen atoms in total. The van der Waals surface area contributed by atoms with Crippen LogP contribution in [0.4, 0.5) is 13.2 Å². The minimum absolute atomic E-state index is 0.0559. The number of para-hydroxylation sites is 1. The molecule has 0 radical (unpaired) electrons. The van der Waals surface area contributed by atoms with Crippen molar-refractivity contribution in [3.63, 3.8) is 0 Å². The first-order chi connectivity index (χ1) is 13.4. The van der Waals surface area contributed by atoms with E-state index in [0.717, 1.165) is 12.7 Å². The average Bonchev–Trinajstić information content (AvgIpc) is 2.69. The van der Waals surface area contributed by atoms with Crippen molar-refractivity contribution in [2.75, 3.05) is 20.1 Å². The Kier molecular flexibility index (Phi) is 6.54. The van der Waals surface area contributed by atoms with Gasteiger partial charge in [0.15, 0.2) is 0 Å². The quantitative estimate of drug-likeness (QED) is 0.728. The molecule has 2 aromatic rings. The summed E-state index contributed by atoms with van der Waals surface area (Å²) in [7, 11) is 2.08. The monoisotopic (exact) mass is 393 g/mol. The van der Waals surface area contributed by atoms with E-state index in [2.05, 4.69) is 22.2 Å². The van der Waals surface area contributed by atoms with Crippen LogP contribution in [0.5, 0.6) is 0 Å². The van der Waals surface area contributed by atoms with Crippen molar-refractivity contribution in [3.8, 4) is 0 Å². The van der Waals surface area contributed by atoms with Crippen LogP contribution in [0.25, 0.3) is 10.9 Å². The van der Waals surface area contributed by atoms with E-state index in [0.29, 0.717) is 19.0 Å². The lowest BCUT2D eigenvalue weighted by Gasteiger charge is -2.31. The number of fused-ring (bicyclic) bond motifs is 1. The van der Waals surface area contributed by atoms with Gasteiger partial charge in [0.1, 0.15) is 0 Å². The van der Waals surface area contributed by atoms with Gasteiger partial charge in [0.05, 0.1) is 16.6 Å². The Balaban J connectivity index is 1.63. The number of amides is 1. The highest BCUT2D eigenvalue weighted by molar-refractivity contribution is 6.00. The van der Waals surface area contributed by atoms with Gasteiger partial charge in [-0.15, -0.1) is 0 Å². The molecule has 1 aliphatic carbocycles. The van der Waals surface area contributed by atoms with Crippen LogP contribution in [0.2, 0.25) is 0 Å². The zero-order valence-corrected chi connectivity index (χ0v) is 16.1. The van der Waals surface area contributed by atoms with Crippen LogP contribution in [0.3, 0.4) is 0 Å². The number of nitrogens with one attached hydrogen (secondary N) is 1. The predicted octanol–water partition coefficient (Wildman–Crippen LogP) is 4.64. The van der Waals surface area contributed by atoms with Gasteiger partial charge in [-0.05, 0) is 38.9 Å². The summed E-state index contributed by atoms with van der Waals surface area (Å²) in [4.78, 5) is 18.8. The molecule has 152 valence electrons. The Morgan fingerprint density at radius 2 is 1.93 bits per heavy atom. The second-order valence-corrected chi connectivity index (χ2v) is 7.44. The third-order valence-electron chi connectivity index (χ3n) is 5.47. The van der Waals surface area contributed by atoms with Crippen molar-refractivity contribution >= 4 is 16.8 Å². The van der Waals surface area contributed by atoms with Gasteiger partial charge in [0, 0.05) is 24.2 Å². The number of benzene rings is 1. The molecule has 28 heavy (non-hydrogen) atoms. The lowest BCUT2D eigenvalue weighted by Crippen LogP contribution is -2.36. The summed E-state index contributed by atoms with van der Waals surface area (Å²) >= 11 is 0. The van der Waals surface area contributed by atoms with E-state index < -0.39 is 23.2 Å². The van der Waals surface area contributed by atoms with Crippen molar-refractivity contribution in [3.05, 3.63) is 41.6 Å². The minimum Gasteiger partial charge on any atom is -0.352 e. The van der Waals surface area contributed by atoms with Crippen LogP contribution in [0, 0.1) is 0 Å². The SMILES string of the molecule is CN(CCCNC(=O)c1cnc2ccccc2c1C(F)(F)F)C1CCCCC1. The van der Waals surface area contributed by atoms with Crippen LogP contribution < -0.4 is 5.32 Å². The Hall–Kier alpha value is -2.15. The summed E-state index contributed by atoms with van der Waals surface area (Å²) < 4.78 is 40.9. The molecule has 1 aromatic carbocycles. The Morgan fingerprint density at radius 3 is 2.64 bits per heavy atom. The fourth-order valence-electron chi connectivity index (χ4n) is 3.95. The summed E-state index contributed by atoms with van der Waals surface area (Å²) in [5.41, 5.74) is -1.12. The Labute approximate surface area is 163 Å². The molecular weight excluding hydrogens is 367 g/mol. The number of carbonyl (C=O) groups excluding carboxylic acids is 1. The maximum atomic E-state index is 13.6. The molecule has 0 unspecified atom stereocenters. The number of aromatic nitrogens is 1. The second kappa shape index (κ2) is 8.90. The van der Waals surface area contributed by atoms with Crippen molar-refractivity contribution in [2.45, 2.75) is 50.7 Å². The first-order valence-electron chi connectivity index (χ1n) is 9.81. The number of halogens is 3. The van der Waals surface area contributed by atoms with E-state index in [1.165, 1.54) is 50.3 Å². The van der Waals surface area contributed by atoms with E-state index in [-0.39, 0.29) is 10.9 Å². The molecule has 1 N–H and O–H groups in total. The lowest BCUT2D eigenvalue weighted by atomic mass is 9.94. The van der Waals surface area contributed by atoms with Crippen LogP contribution in [0.1, 0.15) is 54.4 Å². The van der Waals surface area contributed by atoms with Crippen LogP contribution >= 0.6 is 0 Å². The van der Waals surface area contributed by atoms with Gasteiger partial charge < -0.3 is 10.2 Å². The van der Waals surface area contributed by atoms with Gasteiger partial charge in [-0.25, -0.2) is 0 Å². The number of carbonyl (C=O) groups is 1. The largest absolute Gasteiger partial charge is 0.417 e. The molecule has 0 saturated heterocycles. The topological polar surface area (TPSA) is 45.2 Å². The number of pyridine rings is 1. The highest BCUT2D eigenvalue weighted by Gasteiger charge is 2.37. The van der Waals surface area contributed by atoms with E-state index in [9.17, 15) is 18.0 Å². The molecule has 0 bridgehead atoms. The fourth-order valence-corrected chi connectivity index (χ4v) is 3.95. The number of rotatable bonds is 6. The molecule has 1 saturated carbocycles. The van der Waals surface area contributed by atoms with Crippen LogP contribution in [-0.2, 0) is 6.18 Å². The molecule has 1 heterocycles. The van der Waals surface area contributed by atoms with Gasteiger partial charge in [-0.1, -0.05) is 37.5 Å². The van der Waals surface area contributed by atoms with E-state index >= 15 is 0 Å². The molecule has 0 spiro atoms. The van der Waals surface area contributed by atoms with Gasteiger partial charge in [-0.2, -0.15) is 13.2 Å². The van der Waals surface area contributed by atoms with Crippen molar-refractivity contribution in [2.24, 2.45) is 0 Å². The Bertz CT molecular complexity index is 816. The average molecular weight is 393 g/mol. The summed E-state index contributed by atoms with van der Waals surface area (Å²) in [6.07, 6.45) is 3.27. The number of hydrogen-bond acceptors (Lipinski definition) is 3. The third-order valence-corrected chi connectivity index (χ3v) is 5.47. The normalized spacial score (nSPS) is 15.9. The smallest absolute Gasteiger partial charge is 0.352 e. The Morgan fingerprint density at radius 1 is 1.21 bits per heavy atom.